The summed E-state index contributed by atoms with van der Waals surface area (Å²) < 4.78 is 0. The predicted octanol–water partition coefficient (Wildman–Crippen LogP) is 4.46. The third-order valence-electron chi connectivity index (χ3n) is 5.46. The maximum absolute atomic E-state index is 7.05. The van der Waals surface area contributed by atoms with Gasteiger partial charge in [0.15, 0.2) is 0 Å². The molecule has 1 saturated heterocycles. The molecule has 1 heterocycles. The second-order valence-electron chi connectivity index (χ2n) is 6.94. The van der Waals surface area contributed by atoms with E-state index in [2.05, 4.69) is 27.1 Å². The maximum atomic E-state index is 7.05. The number of nitrogens with zero attached hydrogens (tertiary/aromatic N) is 3. The van der Waals surface area contributed by atoms with E-state index in [0.29, 0.717) is 6.04 Å². The van der Waals surface area contributed by atoms with Gasteiger partial charge < -0.3 is 0 Å². The molecule has 5 heteroatoms. The van der Waals surface area contributed by atoms with Crippen LogP contribution >= 0.6 is 11.6 Å². The molecule has 1 N–H and O–H groups in total. The summed E-state index contributed by atoms with van der Waals surface area (Å²) in [5.41, 5.74) is 8.44. The summed E-state index contributed by atoms with van der Waals surface area (Å²) in [6, 6.07) is 9.04. The van der Waals surface area contributed by atoms with Gasteiger partial charge in [-0.15, -0.1) is 0 Å². The first-order valence-corrected chi connectivity index (χ1v) is 9.19. The van der Waals surface area contributed by atoms with Crippen LogP contribution in [-0.4, -0.2) is 30.1 Å². The SMILES string of the molecule is N=[N+]=N[C@@H]1CCCC[C@@H]1N1CCC(Cc2ccc(Cl)cc2)CC1. The Morgan fingerprint density at radius 1 is 1.09 bits per heavy atom. The molecule has 23 heavy (non-hydrogen) atoms. The van der Waals surface area contributed by atoms with Gasteiger partial charge in [-0.1, -0.05) is 36.6 Å². The lowest BCUT2D eigenvalue weighted by molar-refractivity contribution is 0.0920. The molecule has 2 fully saturated rings. The standard InChI is InChI=1S/C18H26ClN4/c19-16-7-5-14(6-8-16)13-15-9-11-23(12-10-15)18-4-2-1-3-17(18)21-22-20/h5-8,15,17-18,20H,1-4,9-13H2/q+1/t17-,18+/m1/s1. The maximum Gasteiger partial charge on any atom is 0.214 e. The molecule has 1 aliphatic carbocycles. The zero-order valence-corrected chi connectivity index (χ0v) is 14.4. The lowest BCUT2D eigenvalue weighted by atomic mass is 9.85. The van der Waals surface area contributed by atoms with Crippen molar-refractivity contribution in [2.45, 2.75) is 57.0 Å². The van der Waals surface area contributed by atoms with E-state index in [1.807, 2.05) is 12.1 Å². The summed E-state index contributed by atoms with van der Waals surface area (Å²) in [6.07, 6.45) is 8.50. The highest BCUT2D eigenvalue weighted by atomic mass is 35.5. The van der Waals surface area contributed by atoms with Crippen LogP contribution in [0.25, 0.3) is 0 Å². The van der Waals surface area contributed by atoms with Gasteiger partial charge in [0.2, 0.25) is 4.91 Å². The van der Waals surface area contributed by atoms with Crippen LogP contribution in [-0.2, 0) is 6.42 Å². The highest BCUT2D eigenvalue weighted by Gasteiger charge is 2.35. The van der Waals surface area contributed by atoms with E-state index < -0.39 is 0 Å². The molecular formula is C18H26ClN4+. The van der Waals surface area contributed by atoms with E-state index in [-0.39, 0.29) is 6.04 Å². The molecule has 0 aromatic heterocycles. The number of likely N-dealkylation sites (tertiary alicyclic amines) is 1. The molecule has 0 unspecified atom stereocenters. The van der Waals surface area contributed by atoms with Gasteiger partial charge in [0.1, 0.15) is 16.7 Å². The molecule has 1 aromatic carbocycles. The van der Waals surface area contributed by atoms with Crippen molar-refractivity contribution in [3.63, 3.8) is 0 Å². The summed E-state index contributed by atoms with van der Waals surface area (Å²) in [5.74, 6) is 0.771. The lowest BCUT2D eigenvalue weighted by Crippen LogP contribution is -2.48. The molecule has 0 radical (unpaired) electrons. The van der Waals surface area contributed by atoms with Crippen molar-refractivity contribution in [3.8, 4) is 0 Å². The number of piperidine rings is 1. The summed E-state index contributed by atoms with van der Waals surface area (Å²) in [7, 11) is 0. The Labute approximate surface area is 143 Å². The number of benzene rings is 1. The number of nitrogens with one attached hydrogen (secondary N) is 1. The third kappa shape index (κ3) is 4.41. The van der Waals surface area contributed by atoms with Crippen molar-refractivity contribution in [3.05, 3.63) is 34.9 Å². The average Bonchev–Trinajstić information content (AvgIpc) is 2.59. The topological polar surface area (TPSA) is 53.6 Å². The molecule has 0 amide bonds. The zero-order valence-electron chi connectivity index (χ0n) is 13.6. The first kappa shape index (κ1) is 16.6. The molecule has 2 atom stereocenters. The highest BCUT2D eigenvalue weighted by molar-refractivity contribution is 6.30. The molecule has 1 aliphatic heterocycles. The number of rotatable bonds is 4. The Balaban J connectivity index is 1.53. The van der Waals surface area contributed by atoms with Crippen molar-refractivity contribution in [1.82, 2.24) is 9.81 Å². The zero-order chi connectivity index (χ0) is 16.1. The molecular weight excluding hydrogens is 308 g/mol. The van der Waals surface area contributed by atoms with E-state index in [4.69, 9.17) is 17.1 Å². The van der Waals surface area contributed by atoms with Gasteiger partial charge in [-0.2, -0.15) is 0 Å². The van der Waals surface area contributed by atoms with Crippen molar-refractivity contribution in [2.75, 3.05) is 13.1 Å². The van der Waals surface area contributed by atoms with Crippen LogP contribution in [0.15, 0.2) is 29.4 Å². The van der Waals surface area contributed by atoms with Crippen LogP contribution in [0.2, 0.25) is 5.02 Å². The van der Waals surface area contributed by atoms with Crippen molar-refractivity contribution < 1.29 is 0 Å². The van der Waals surface area contributed by atoms with Gasteiger partial charge in [0, 0.05) is 11.1 Å². The van der Waals surface area contributed by atoms with Crippen LogP contribution in [0.5, 0.6) is 0 Å². The van der Waals surface area contributed by atoms with Crippen LogP contribution in [0, 0.1) is 11.4 Å². The van der Waals surface area contributed by atoms with E-state index in [9.17, 15) is 0 Å². The van der Waals surface area contributed by atoms with E-state index in [1.54, 1.807) is 0 Å². The quantitative estimate of drug-likeness (QED) is 0.642. The first-order chi connectivity index (χ1) is 11.3. The van der Waals surface area contributed by atoms with Crippen molar-refractivity contribution in [2.24, 2.45) is 11.0 Å². The summed E-state index contributed by atoms with van der Waals surface area (Å²) in [5, 5.41) is 4.99. The largest absolute Gasteiger partial charge is 0.298 e. The Morgan fingerprint density at radius 3 is 2.48 bits per heavy atom. The lowest BCUT2D eigenvalue weighted by Gasteiger charge is -2.40. The number of hydrogen-bond acceptors (Lipinski definition) is 3. The highest BCUT2D eigenvalue weighted by Crippen LogP contribution is 2.30. The van der Waals surface area contributed by atoms with Crippen LogP contribution in [0.4, 0.5) is 0 Å². The Morgan fingerprint density at radius 2 is 1.78 bits per heavy atom. The van der Waals surface area contributed by atoms with E-state index in [0.717, 1.165) is 36.9 Å². The van der Waals surface area contributed by atoms with Crippen LogP contribution in [0.3, 0.4) is 0 Å². The van der Waals surface area contributed by atoms with E-state index >= 15 is 0 Å². The predicted molar refractivity (Wildman–Crippen MR) is 92.8 cm³/mol. The Bertz CT molecular complexity index is 545. The van der Waals surface area contributed by atoms with Gasteiger partial charge in [-0.25, -0.2) is 0 Å². The van der Waals surface area contributed by atoms with Crippen molar-refractivity contribution in [1.29, 1.82) is 5.53 Å². The van der Waals surface area contributed by atoms with Crippen LogP contribution < -0.4 is 4.91 Å². The minimum Gasteiger partial charge on any atom is -0.298 e. The Hall–Kier alpha value is -1.22. The molecule has 1 saturated carbocycles. The normalized spacial score (nSPS) is 26.7. The van der Waals surface area contributed by atoms with Gasteiger partial charge in [0.25, 0.3) is 0 Å². The second kappa shape index (κ2) is 8.05. The number of halogens is 1. The average molecular weight is 334 g/mol. The number of hydrogen-bond donors (Lipinski definition) is 1. The fourth-order valence-electron chi connectivity index (χ4n) is 4.17. The molecule has 0 spiro atoms. The monoisotopic (exact) mass is 333 g/mol. The fraction of sp³-hybridized carbons (Fsp3) is 0.667. The van der Waals surface area contributed by atoms with Gasteiger partial charge >= 0.3 is 0 Å². The summed E-state index contributed by atoms with van der Waals surface area (Å²) in [6.45, 7) is 2.32. The third-order valence-corrected chi connectivity index (χ3v) is 5.71. The fourth-order valence-corrected chi connectivity index (χ4v) is 4.30. The summed E-state index contributed by atoms with van der Waals surface area (Å²) in [4.78, 5) is 5.93. The second-order valence-corrected chi connectivity index (χ2v) is 7.38. The first-order valence-electron chi connectivity index (χ1n) is 8.81. The molecule has 1 aromatic rings. The molecule has 4 nitrogen and oxygen atoms in total. The summed E-state index contributed by atoms with van der Waals surface area (Å²) >= 11 is 5.96. The van der Waals surface area contributed by atoms with Crippen LogP contribution in [0.1, 0.15) is 44.1 Å². The molecule has 2 aliphatic rings. The minimum atomic E-state index is 0.245. The van der Waals surface area contributed by atoms with Gasteiger partial charge in [0.05, 0.1) is 0 Å². The van der Waals surface area contributed by atoms with Gasteiger partial charge in [-0.05, 0) is 68.8 Å². The van der Waals surface area contributed by atoms with E-state index in [1.165, 1.54) is 37.7 Å². The van der Waals surface area contributed by atoms with Gasteiger partial charge in [-0.3, -0.25) is 4.90 Å². The molecule has 0 bridgehead atoms. The smallest absolute Gasteiger partial charge is 0.214 e. The molecule has 124 valence electrons. The minimum absolute atomic E-state index is 0.245. The molecule has 3 rings (SSSR count). The van der Waals surface area contributed by atoms with Crippen molar-refractivity contribution >= 4 is 11.6 Å². The Kier molecular flexibility index (Phi) is 5.82.